The van der Waals surface area contributed by atoms with Crippen LogP contribution in [-0.4, -0.2) is 50.6 Å². The average molecular weight is 386 g/mol. The number of nitrogens with zero attached hydrogens (tertiary/aromatic N) is 3. The molecule has 0 atom stereocenters. The van der Waals surface area contributed by atoms with Crippen LogP contribution in [0.4, 0.5) is 0 Å². The number of para-hydroxylation sites is 1. The van der Waals surface area contributed by atoms with E-state index in [9.17, 15) is 4.79 Å². The first kappa shape index (κ1) is 18.8. The van der Waals surface area contributed by atoms with Crippen molar-refractivity contribution in [1.82, 2.24) is 19.9 Å². The molecule has 0 aliphatic heterocycles. The third-order valence-electron chi connectivity index (χ3n) is 4.91. The van der Waals surface area contributed by atoms with Gasteiger partial charge < -0.3 is 15.0 Å². The number of hydrogen-bond acceptors (Lipinski definition) is 4. The van der Waals surface area contributed by atoms with Gasteiger partial charge in [-0.3, -0.25) is 9.78 Å². The zero-order chi connectivity index (χ0) is 20.2. The number of hydrogen-bond donors (Lipinski definition) is 2. The van der Waals surface area contributed by atoms with Gasteiger partial charge in [0.2, 0.25) is 0 Å². The quantitative estimate of drug-likeness (QED) is 0.529. The molecule has 0 fully saturated rings. The number of aromatic nitrogens is 3. The van der Waals surface area contributed by atoms with E-state index in [0.717, 1.165) is 33.5 Å². The number of carbonyl (C=O) groups is 1. The molecule has 29 heavy (non-hydrogen) atoms. The fourth-order valence-corrected chi connectivity index (χ4v) is 3.34. The topological polar surface area (TPSA) is 82.1 Å². The Morgan fingerprint density at radius 2 is 1.83 bits per heavy atom. The molecule has 0 unspecified atom stereocenters. The lowest BCUT2D eigenvalue weighted by atomic mass is 10.1. The number of fused-ring (bicyclic) bond motifs is 1. The van der Waals surface area contributed by atoms with E-state index in [0.29, 0.717) is 18.7 Å². The second kappa shape index (κ2) is 8.24. The van der Waals surface area contributed by atoms with Crippen LogP contribution in [0.3, 0.4) is 0 Å². The third-order valence-corrected chi connectivity index (χ3v) is 4.91. The minimum Gasteiger partial charge on any atom is -0.395 e. The Kier molecular flexibility index (Phi) is 5.35. The Morgan fingerprint density at radius 3 is 2.55 bits per heavy atom. The molecule has 0 aliphatic carbocycles. The Labute approximate surface area is 168 Å². The van der Waals surface area contributed by atoms with Crippen molar-refractivity contribution < 1.29 is 9.90 Å². The fraction of sp³-hybridized carbons (Fsp3) is 0.174. The number of aliphatic hydroxyl groups is 1. The van der Waals surface area contributed by atoms with Crippen molar-refractivity contribution in [3.05, 3.63) is 72.6 Å². The maximum Gasteiger partial charge on any atom is 0.253 e. The van der Waals surface area contributed by atoms with Crippen LogP contribution in [0.1, 0.15) is 17.3 Å². The first-order valence-corrected chi connectivity index (χ1v) is 9.60. The first-order chi connectivity index (χ1) is 14.2. The van der Waals surface area contributed by atoms with E-state index in [1.807, 2.05) is 37.3 Å². The lowest BCUT2D eigenvalue weighted by molar-refractivity contribution is 0.0732. The molecule has 4 rings (SSSR count). The summed E-state index contributed by atoms with van der Waals surface area (Å²) in [7, 11) is 0. The summed E-state index contributed by atoms with van der Waals surface area (Å²) in [5.74, 6) is -0.0917. The molecule has 2 aromatic heterocycles. The largest absolute Gasteiger partial charge is 0.395 e. The van der Waals surface area contributed by atoms with Gasteiger partial charge >= 0.3 is 0 Å². The highest BCUT2D eigenvalue weighted by atomic mass is 16.3. The number of carbonyl (C=O) groups excluding carboxylic acids is 1. The molecule has 146 valence electrons. The van der Waals surface area contributed by atoms with Crippen molar-refractivity contribution in [3.63, 3.8) is 0 Å². The number of aliphatic hydroxyl groups excluding tert-OH is 1. The standard InChI is InChI=1S/C23H22N4O2/c1-2-27(11-12-28)23(29)17-9-7-16(8-10-17)21-14-24-15-22(26-21)20-13-18-5-3-4-6-19(18)25-20/h3-10,13-15,25,28H,2,11-12H2,1H3. The van der Waals surface area contributed by atoms with Crippen LogP contribution in [0.25, 0.3) is 33.5 Å². The second-order valence-corrected chi connectivity index (χ2v) is 6.75. The molecule has 0 spiro atoms. The van der Waals surface area contributed by atoms with E-state index in [4.69, 9.17) is 10.1 Å². The summed E-state index contributed by atoms with van der Waals surface area (Å²) in [5, 5.41) is 10.2. The van der Waals surface area contributed by atoms with Crippen LogP contribution >= 0.6 is 0 Å². The maximum absolute atomic E-state index is 12.5. The number of benzene rings is 2. The van der Waals surface area contributed by atoms with E-state index in [1.165, 1.54) is 0 Å². The molecule has 6 heteroatoms. The molecule has 2 N–H and O–H groups in total. The summed E-state index contributed by atoms with van der Waals surface area (Å²) in [4.78, 5) is 26.6. The summed E-state index contributed by atoms with van der Waals surface area (Å²) in [6, 6.07) is 17.5. The zero-order valence-electron chi connectivity index (χ0n) is 16.2. The summed E-state index contributed by atoms with van der Waals surface area (Å²) in [6.45, 7) is 2.73. The van der Waals surface area contributed by atoms with Gasteiger partial charge in [0.25, 0.3) is 5.91 Å². The Hall–Kier alpha value is -3.51. The smallest absolute Gasteiger partial charge is 0.253 e. The molecule has 2 aromatic carbocycles. The van der Waals surface area contributed by atoms with Crippen LogP contribution in [0.5, 0.6) is 0 Å². The van der Waals surface area contributed by atoms with Gasteiger partial charge in [0.15, 0.2) is 0 Å². The van der Waals surface area contributed by atoms with E-state index >= 15 is 0 Å². The highest BCUT2D eigenvalue weighted by Gasteiger charge is 2.14. The van der Waals surface area contributed by atoms with Crippen LogP contribution in [0.15, 0.2) is 67.0 Å². The molecule has 0 saturated carbocycles. The van der Waals surface area contributed by atoms with Gasteiger partial charge in [-0.05, 0) is 31.2 Å². The number of aromatic amines is 1. The highest BCUT2D eigenvalue weighted by molar-refractivity contribution is 5.94. The number of H-pyrrole nitrogens is 1. The molecule has 6 nitrogen and oxygen atoms in total. The fourth-order valence-electron chi connectivity index (χ4n) is 3.34. The molecule has 0 aliphatic rings. The maximum atomic E-state index is 12.5. The number of rotatable bonds is 6. The minimum absolute atomic E-state index is 0.0478. The van der Waals surface area contributed by atoms with Crippen LogP contribution in [-0.2, 0) is 0 Å². The first-order valence-electron chi connectivity index (χ1n) is 9.60. The predicted octanol–water partition coefficient (Wildman–Crippen LogP) is 3.75. The van der Waals surface area contributed by atoms with E-state index in [-0.39, 0.29) is 12.5 Å². The van der Waals surface area contributed by atoms with E-state index in [2.05, 4.69) is 22.1 Å². The van der Waals surface area contributed by atoms with Crippen LogP contribution in [0, 0.1) is 0 Å². The zero-order valence-corrected chi connectivity index (χ0v) is 16.2. The predicted molar refractivity (Wildman–Crippen MR) is 113 cm³/mol. The number of nitrogens with one attached hydrogen (secondary N) is 1. The third kappa shape index (κ3) is 3.88. The van der Waals surface area contributed by atoms with E-state index < -0.39 is 0 Å². The van der Waals surface area contributed by atoms with Gasteiger partial charge in [-0.15, -0.1) is 0 Å². The summed E-state index contributed by atoms with van der Waals surface area (Å²) < 4.78 is 0. The normalized spacial score (nSPS) is 11.0. The molecule has 2 heterocycles. The Morgan fingerprint density at radius 1 is 1.07 bits per heavy atom. The van der Waals surface area contributed by atoms with Gasteiger partial charge in [0.1, 0.15) is 5.69 Å². The monoisotopic (exact) mass is 386 g/mol. The number of amides is 1. The van der Waals surface area contributed by atoms with Crippen LogP contribution < -0.4 is 0 Å². The number of likely N-dealkylation sites (N-methyl/N-ethyl adjacent to an activating group) is 1. The molecule has 0 bridgehead atoms. The molecule has 0 radical (unpaired) electrons. The summed E-state index contributed by atoms with van der Waals surface area (Å²) >= 11 is 0. The van der Waals surface area contributed by atoms with Gasteiger partial charge in [0.05, 0.1) is 30.4 Å². The molecule has 0 saturated heterocycles. The van der Waals surface area contributed by atoms with Crippen LogP contribution in [0.2, 0.25) is 0 Å². The van der Waals surface area contributed by atoms with Crippen molar-refractivity contribution >= 4 is 16.8 Å². The minimum atomic E-state index is -0.0917. The van der Waals surface area contributed by atoms with E-state index in [1.54, 1.807) is 29.4 Å². The SMILES string of the molecule is CCN(CCO)C(=O)c1ccc(-c2cncc(-c3cc4ccccc4[nH]3)n2)cc1. The highest BCUT2D eigenvalue weighted by Crippen LogP contribution is 2.25. The van der Waals surface area contributed by atoms with Crippen molar-refractivity contribution in [3.8, 4) is 22.6 Å². The molecule has 4 aromatic rings. The summed E-state index contributed by atoms with van der Waals surface area (Å²) in [5.41, 5.74) is 4.94. The van der Waals surface area contributed by atoms with Crippen molar-refractivity contribution in [2.75, 3.05) is 19.7 Å². The van der Waals surface area contributed by atoms with Gasteiger partial charge in [-0.25, -0.2) is 4.98 Å². The van der Waals surface area contributed by atoms with Crippen molar-refractivity contribution in [2.24, 2.45) is 0 Å². The Bertz CT molecular complexity index is 1100. The lowest BCUT2D eigenvalue weighted by Gasteiger charge is -2.19. The van der Waals surface area contributed by atoms with Gasteiger partial charge in [-0.2, -0.15) is 0 Å². The molecule has 1 amide bonds. The van der Waals surface area contributed by atoms with Gasteiger partial charge in [-0.1, -0.05) is 30.3 Å². The Balaban J connectivity index is 1.60. The van der Waals surface area contributed by atoms with Gasteiger partial charge in [0, 0.05) is 35.1 Å². The molecular formula is C23H22N4O2. The molecular weight excluding hydrogens is 364 g/mol. The second-order valence-electron chi connectivity index (χ2n) is 6.75. The lowest BCUT2D eigenvalue weighted by Crippen LogP contribution is -2.33. The van der Waals surface area contributed by atoms with Crippen molar-refractivity contribution in [2.45, 2.75) is 6.92 Å². The van der Waals surface area contributed by atoms with Crippen molar-refractivity contribution in [1.29, 1.82) is 0 Å². The average Bonchev–Trinajstić information content (AvgIpc) is 3.22. The summed E-state index contributed by atoms with van der Waals surface area (Å²) in [6.07, 6.45) is 3.45.